The van der Waals surface area contributed by atoms with Crippen LogP contribution in [-0.4, -0.2) is 73.2 Å². The standard InChI is InChI=1S/C28H56N2O4/c1-11-13-15-33-27(31)25(29(17-21(3)4)18-22(5)6)26(28(32)34-16-14-12-2)30(19-23(7)8)20-24(9)10/h21-26H,11-20H2,1-10H3. The zero-order chi connectivity index (χ0) is 26.3. The first-order chi connectivity index (χ1) is 15.9. The smallest absolute Gasteiger partial charge is 0.325 e. The van der Waals surface area contributed by atoms with Crippen molar-refractivity contribution in [3.63, 3.8) is 0 Å². The SMILES string of the molecule is CCCCOC(=O)C(C(C(=O)OCCCC)N(CC(C)C)CC(C)C)N(CC(C)C)CC(C)C. The van der Waals surface area contributed by atoms with Gasteiger partial charge in [-0.2, -0.15) is 0 Å². The lowest BCUT2D eigenvalue weighted by molar-refractivity contribution is -0.166. The number of carbonyl (C=O) groups excluding carboxylic acids is 2. The summed E-state index contributed by atoms with van der Waals surface area (Å²) in [5.41, 5.74) is 0. The van der Waals surface area contributed by atoms with Gasteiger partial charge in [0.05, 0.1) is 13.2 Å². The van der Waals surface area contributed by atoms with Crippen LogP contribution in [0.3, 0.4) is 0 Å². The lowest BCUT2D eigenvalue weighted by Gasteiger charge is -2.42. The average molecular weight is 485 g/mol. The average Bonchev–Trinajstić information content (AvgIpc) is 2.69. The minimum absolute atomic E-state index is 0.301. The molecule has 34 heavy (non-hydrogen) atoms. The molecule has 0 aliphatic heterocycles. The summed E-state index contributed by atoms with van der Waals surface area (Å²) in [7, 11) is 0. The fourth-order valence-corrected chi connectivity index (χ4v) is 4.24. The van der Waals surface area contributed by atoms with E-state index in [0.717, 1.165) is 51.9 Å². The highest BCUT2D eigenvalue weighted by Gasteiger charge is 2.44. The number of rotatable bonds is 19. The normalized spacial score (nSPS) is 14.0. The van der Waals surface area contributed by atoms with Crippen molar-refractivity contribution in [2.24, 2.45) is 23.7 Å². The molecule has 0 bridgehead atoms. The lowest BCUT2D eigenvalue weighted by Crippen LogP contribution is -2.62. The second-order valence-electron chi connectivity index (χ2n) is 11.4. The van der Waals surface area contributed by atoms with Gasteiger partial charge in [0.2, 0.25) is 0 Å². The molecule has 0 amide bonds. The molecule has 0 heterocycles. The molecule has 6 heteroatoms. The van der Waals surface area contributed by atoms with Crippen molar-refractivity contribution in [2.75, 3.05) is 39.4 Å². The van der Waals surface area contributed by atoms with Gasteiger partial charge >= 0.3 is 11.9 Å². The Balaban J connectivity index is 6.50. The predicted molar refractivity (Wildman–Crippen MR) is 142 cm³/mol. The van der Waals surface area contributed by atoms with Gasteiger partial charge in [-0.25, -0.2) is 0 Å². The molecule has 0 saturated heterocycles. The van der Waals surface area contributed by atoms with Crippen LogP contribution < -0.4 is 0 Å². The van der Waals surface area contributed by atoms with Crippen LogP contribution in [0.25, 0.3) is 0 Å². The van der Waals surface area contributed by atoms with Crippen LogP contribution in [0.5, 0.6) is 0 Å². The Labute approximate surface area is 211 Å². The predicted octanol–water partition coefficient (Wildman–Crippen LogP) is 5.64. The van der Waals surface area contributed by atoms with Crippen molar-refractivity contribution in [1.82, 2.24) is 9.80 Å². The van der Waals surface area contributed by atoms with Gasteiger partial charge in [-0.15, -0.1) is 0 Å². The molecule has 0 aliphatic carbocycles. The number of hydrogen-bond acceptors (Lipinski definition) is 6. The number of carbonyl (C=O) groups is 2. The minimum atomic E-state index is -0.687. The first-order valence-corrected chi connectivity index (χ1v) is 13.8. The summed E-state index contributed by atoms with van der Waals surface area (Å²) in [4.78, 5) is 31.7. The molecule has 0 aliphatic rings. The first kappa shape index (κ1) is 32.9. The third-order valence-corrected chi connectivity index (χ3v) is 5.45. The minimum Gasteiger partial charge on any atom is -0.464 e. The fraction of sp³-hybridized carbons (Fsp3) is 0.929. The number of unbranched alkanes of at least 4 members (excludes halogenated alkanes) is 2. The van der Waals surface area contributed by atoms with Crippen molar-refractivity contribution in [1.29, 1.82) is 0 Å². The zero-order valence-corrected chi connectivity index (χ0v) is 24.1. The molecule has 0 spiro atoms. The molecule has 0 rings (SSSR count). The van der Waals surface area contributed by atoms with Gasteiger partial charge in [-0.1, -0.05) is 82.1 Å². The van der Waals surface area contributed by atoms with E-state index in [-0.39, 0.29) is 11.9 Å². The summed E-state index contributed by atoms with van der Waals surface area (Å²) in [5, 5.41) is 0. The van der Waals surface area contributed by atoms with Gasteiger partial charge in [-0.3, -0.25) is 19.4 Å². The molecule has 0 aromatic heterocycles. The molecule has 2 unspecified atom stereocenters. The molecule has 2 atom stereocenters. The molecule has 0 N–H and O–H groups in total. The molecular weight excluding hydrogens is 428 g/mol. The van der Waals surface area contributed by atoms with E-state index in [0.29, 0.717) is 36.9 Å². The summed E-state index contributed by atoms with van der Waals surface area (Å²) in [5.74, 6) is 0.805. The molecule has 0 saturated carbocycles. The molecule has 0 radical (unpaired) electrons. The number of nitrogens with zero attached hydrogens (tertiary/aromatic N) is 2. The van der Waals surface area contributed by atoms with E-state index in [1.807, 2.05) is 0 Å². The maximum absolute atomic E-state index is 13.7. The molecular formula is C28H56N2O4. The van der Waals surface area contributed by atoms with Crippen molar-refractivity contribution < 1.29 is 19.1 Å². The third-order valence-electron chi connectivity index (χ3n) is 5.45. The van der Waals surface area contributed by atoms with Crippen molar-refractivity contribution in [3.8, 4) is 0 Å². The van der Waals surface area contributed by atoms with E-state index in [9.17, 15) is 9.59 Å². The zero-order valence-electron chi connectivity index (χ0n) is 24.1. The summed E-state index contributed by atoms with van der Waals surface area (Å²) in [6.45, 7) is 25.1. The van der Waals surface area contributed by atoms with Crippen LogP contribution in [0, 0.1) is 23.7 Å². The Morgan fingerprint density at radius 1 is 0.559 bits per heavy atom. The van der Waals surface area contributed by atoms with E-state index in [1.165, 1.54) is 0 Å². The number of hydrogen-bond donors (Lipinski definition) is 0. The van der Waals surface area contributed by atoms with Crippen LogP contribution in [0.2, 0.25) is 0 Å². The second-order valence-corrected chi connectivity index (χ2v) is 11.4. The summed E-state index contributed by atoms with van der Waals surface area (Å²) < 4.78 is 11.6. The van der Waals surface area contributed by atoms with Crippen LogP contribution in [0.4, 0.5) is 0 Å². The van der Waals surface area contributed by atoms with Crippen molar-refractivity contribution >= 4 is 11.9 Å². The Bertz CT molecular complexity index is 481. The molecule has 202 valence electrons. The summed E-state index contributed by atoms with van der Waals surface area (Å²) >= 11 is 0. The summed E-state index contributed by atoms with van der Waals surface area (Å²) in [6.07, 6.45) is 3.55. The van der Waals surface area contributed by atoms with Gasteiger partial charge in [0.25, 0.3) is 0 Å². The van der Waals surface area contributed by atoms with Gasteiger partial charge in [0.1, 0.15) is 12.1 Å². The number of ether oxygens (including phenoxy) is 2. The van der Waals surface area contributed by atoms with Gasteiger partial charge in [0.15, 0.2) is 0 Å². The maximum Gasteiger partial charge on any atom is 0.325 e. The van der Waals surface area contributed by atoms with E-state index >= 15 is 0 Å². The highest BCUT2D eigenvalue weighted by Crippen LogP contribution is 2.22. The lowest BCUT2D eigenvalue weighted by atomic mass is 9.98. The Kier molecular flexibility index (Phi) is 17.6. The monoisotopic (exact) mass is 484 g/mol. The van der Waals surface area contributed by atoms with Crippen LogP contribution in [0.15, 0.2) is 0 Å². The molecule has 0 fully saturated rings. The van der Waals surface area contributed by atoms with Crippen LogP contribution in [-0.2, 0) is 19.1 Å². The van der Waals surface area contributed by atoms with Crippen LogP contribution >= 0.6 is 0 Å². The Morgan fingerprint density at radius 3 is 1.03 bits per heavy atom. The maximum atomic E-state index is 13.7. The highest BCUT2D eigenvalue weighted by atomic mass is 16.5. The topological polar surface area (TPSA) is 59.1 Å². The molecule has 0 aromatic carbocycles. The van der Waals surface area contributed by atoms with Crippen molar-refractivity contribution in [3.05, 3.63) is 0 Å². The van der Waals surface area contributed by atoms with Crippen molar-refractivity contribution in [2.45, 2.75) is 107 Å². The number of esters is 2. The van der Waals surface area contributed by atoms with E-state index in [2.05, 4.69) is 79.0 Å². The Hall–Kier alpha value is -1.14. The van der Waals surface area contributed by atoms with E-state index < -0.39 is 12.1 Å². The molecule has 0 aromatic rings. The quantitative estimate of drug-likeness (QED) is 0.175. The third kappa shape index (κ3) is 13.7. The first-order valence-electron chi connectivity index (χ1n) is 13.8. The Morgan fingerprint density at radius 2 is 0.824 bits per heavy atom. The summed E-state index contributed by atoms with van der Waals surface area (Å²) in [6, 6.07) is -1.37. The van der Waals surface area contributed by atoms with Gasteiger partial charge in [-0.05, 0) is 36.5 Å². The largest absolute Gasteiger partial charge is 0.464 e. The highest BCUT2D eigenvalue weighted by molar-refractivity contribution is 5.87. The van der Waals surface area contributed by atoms with Gasteiger partial charge < -0.3 is 9.47 Å². The van der Waals surface area contributed by atoms with Gasteiger partial charge in [0, 0.05) is 26.2 Å². The second kappa shape index (κ2) is 18.2. The van der Waals surface area contributed by atoms with E-state index in [1.54, 1.807) is 0 Å². The van der Waals surface area contributed by atoms with E-state index in [4.69, 9.17) is 9.47 Å². The fourth-order valence-electron chi connectivity index (χ4n) is 4.24. The molecule has 6 nitrogen and oxygen atoms in total. The van der Waals surface area contributed by atoms with Crippen LogP contribution in [0.1, 0.15) is 94.9 Å².